The van der Waals surface area contributed by atoms with Crippen molar-refractivity contribution in [1.82, 2.24) is 0 Å². The highest BCUT2D eigenvalue weighted by atomic mass is 32.1. The Balaban J connectivity index is 0.000000750. The van der Waals surface area contributed by atoms with Gasteiger partial charge in [0, 0.05) is 20.2 Å². The van der Waals surface area contributed by atoms with Gasteiger partial charge in [-0.2, -0.15) is 0 Å². The van der Waals surface area contributed by atoms with Crippen LogP contribution in [0, 0.1) is 0 Å². The molecule has 0 aliphatic carbocycles. The molecular formula is C13H12S. The van der Waals surface area contributed by atoms with E-state index in [9.17, 15) is 0 Å². The first kappa shape index (κ1) is 9.22. The molecule has 0 fully saturated rings. The summed E-state index contributed by atoms with van der Waals surface area (Å²) in [6, 6.07) is 17.1. The number of rotatable bonds is 0. The predicted octanol–water partition coefficient (Wildman–Crippen LogP) is 4.69. The lowest BCUT2D eigenvalue weighted by Gasteiger charge is -1.88. The van der Waals surface area contributed by atoms with Crippen molar-refractivity contribution in [2.75, 3.05) is 0 Å². The summed E-state index contributed by atoms with van der Waals surface area (Å²) in [5.41, 5.74) is 0. The monoisotopic (exact) mass is 200 g/mol. The molecule has 0 aliphatic heterocycles. The number of thiophene rings is 1. The largest absolute Gasteiger partial charge is 0.135 e. The first-order valence-corrected chi connectivity index (χ1v) is 5.13. The summed E-state index contributed by atoms with van der Waals surface area (Å²) in [5, 5.41) is 2.76. The standard InChI is InChI=1S/C12H8S.CH4/c1-3-7-11-9(5-1)10-6-2-4-8-12(10)13-11;/h1-8H;1H4. The summed E-state index contributed by atoms with van der Waals surface area (Å²) in [6.07, 6.45) is 0. The fourth-order valence-electron chi connectivity index (χ4n) is 1.67. The van der Waals surface area contributed by atoms with Crippen LogP contribution in [-0.4, -0.2) is 0 Å². The minimum absolute atomic E-state index is 0. The summed E-state index contributed by atoms with van der Waals surface area (Å²) < 4.78 is 2.76. The smallest absolute Gasteiger partial charge is 0.0355 e. The Morgan fingerprint density at radius 2 is 1.07 bits per heavy atom. The van der Waals surface area contributed by atoms with Crippen molar-refractivity contribution in [3.63, 3.8) is 0 Å². The minimum Gasteiger partial charge on any atom is -0.135 e. The van der Waals surface area contributed by atoms with Gasteiger partial charge in [0.2, 0.25) is 0 Å². The SMILES string of the molecule is C.c1ccc2c(c1)sc1ccccc12. The van der Waals surface area contributed by atoms with Crippen molar-refractivity contribution in [1.29, 1.82) is 0 Å². The second kappa shape index (κ2) is 3.43. The van der Waals surface area contributed by atoms with Crippen molar-refractivity contribution in [2.45, 2.75) is 7.43 Å². The van der Waals surface area contributed by atoms with Gasteiger partial charge in [-0.1, -0.05) is 43.8 Å². The van der Waals surface area contributed by atoms with Gasteiger partial charge in [0.15, 0.2) is 0 Å². The average molecular weight is 200 g/mol. The molecule has 0 spiro atoms. The second-order valence-corrected chi connectivity index (χ2v) is 4.18. The molecule has 0 atom stereocenters. The molecule has 2 aromatic carbocycles. The van der Waals surface area contributed by atoms with E-state index in [4.69, 9.17) is 0 Å². The first-order valence-electron chi connectivity index (χ1n) is 4.31. The topological polar surface area (TPSA) is 0 Å². The van der Waals surface area contributed by atoms with Crippen molar-refractivity contribution in [3.05, 3.63) is 48.5 Å². The molecule has 0 amide bonds. The van der Waals surface area contributed by atoms with Gasteiger partial charge in [-0.15, -0.1) is 11.3 Å². The Morgan fingerprint density at radius 3 is 1.57 bits per heavy atom. The van der Waals surface area contributed by atoms with Crippen LogP contribution < -0.4 is 0 Å². The molecule has 70 valence electrons. The Labute approximate surface area is 87.8 Å². The van der Waals surface area contributed by atoms with Crippen LogP contribution in [0.3, 0.4) is 0 Å². The molecule has 0 bridgehead atoms. The van der Waals surface area contributed by atoms with Gasteiger partial charge in [0.25, 0.3) is 0 Å². The molecule has 1 heteroatoms. The molecule has 0 radical (unpaired) electrons. The van der Waals surface area contributed by atoms with Crippen molar-refractivity contribution >= 4 is 31.5 Å². The van der Waals surface area contributed by atoms with E-state index in [1.54, 1.807) is 0 Å². The van der Waals surface area contributed by atoms with Crippen LogP contribution in [0.5, 0.6) is 0 Å². The number of hydrogen-bond donors (Lipinski definition) is 0. The molecule has 1 heterocycles. The third kappa shape index (κ3) is 1.21. The second-order valence-electron chi connectivity index (χ2n) is 3.09. The van der Waals surface area contributed by atoms with E-state index in [-0.39, 0.29) is 7.43 Å². The summed E-state index contributed by atoms with van der Waals surface area (Å²) in [6.45, 7) is 0. The molecule has 0 unspecified atom stereocenters. The van der Waals surface area contributed by atoms with Gasteiger partial charge in [0.1, 0.15) is 0 Å². The van der Waals surface area contributed by atoms with Crippen LogP contribution in [0.15, 0.2) is 48.5 Å². The maximum atomic E-state index is 2.19. The van der Waals surface area contributed by atoms with E-state index in [0.717, 1.165) is 0 Å². The zero-order valence-corrected chi connectivity index (χ0v) is 7.84. The third-order valence-corrected chi connectivity index (χ3v) is 3.44. The zero-order chi connectivity index (χ0) is 8.67. The fraction of sp³-hybridized carbons (Fsp3) is 0.0769. The van der Waals surface area contributed by atoms with E-state index < -0.39 is 0 Å². The summed E-state index contributed by atoms with van der Waals surface area (Å²) in [4.78, 5) is 0. The van der Waals surface area contributed by atoms with Crippen LogP contribution in [0.2, 0.25) is 0 Å². The van der Waals surface area contributed by atoms with Crippen LogP contribution in [-0.2, 0) is 0 Å². The van der Waals surface area contributed by atoms with Gasteiger partial charge in [0.05, 0.1) is 0 Å². The lowest BCUT2D eigenvalue weighted by molar-refractivity contribution is 1.84. The average Bonchev–Trinajstić information content (AvgIpc) is 2.56. The van der Waals surface area contributed by atoms with Gasteiger partial charge in [-0.05, 0) is 12.1 Å². The van der Waals surface area contributed by atoms with Crippen LogP contribution in [0.4, 0.5) is 0 Å². The van der Waals surface area contributed by atoms with Crippen LogP contribution in [0.25, 0.3) is 20.2 Å². The van der Waals surface area contributed by atoms with Gasteiger partial charge in [-0.3, -0.25) is 0 Å². The molecule has 14 heavy (non-hydrogen) atoms. The highest BCUT2D eigenvalue weighted by Gasteiger charge is 2.01. The van der Waals surface area contributed by atoms with E-state index in [2.05, 4.69) is 48.5 Å². The van der Waals surface area contributed by atoms with Gasteiger partial charge < -0.3 is 0 Å². The number of benzene rings is 2. The van der Waals surface area contributed by atoms with E-state index in [1.165, 1.54) is 20.2 Å². The maximum Gasteiger partial charge on any atom is 0.0355 e. The Bertz CT molecular complexity index is 513. The van der Waals surface area contributed by atoms with Gasteiger partial charge in [-0.25, -0.2) is 0 Å². The molecule has 0 saturated heterocycles. The third-order valence-electron chi connectivity index (χ3n) is 2.28. The number of hydrogen-bond acceptors (Lipinski definition) is 1. The molecule has 0 nitrogen and oxygen atoms in total. The highest BCUT2D eigenvalue weighted by molar-refractivity contribution is 7.25. The molecule has 3 rings (SSSR count). The van der Waals surface area contributed by atoms with E-state index in [0.29, 0.717) is 0 Å². The quantitative estimate of drug-likeness (QED) is 0.494. The Hall–Kier alpha value is -1.34. The van der Waals surface area contributed by atoms with E-state index >= 15 is 0 Å². The molecule has 3 aromatic rings. The highest BCUT2D eigenvalue weighted by Crippen LogP contribution is 2.32. The predicted molar refractivity (Wildman–Crippen MR) is 66.1 cm³/mol. The Kier molecular flexibility index (Phi) is 2.26. The molecule has 1 aromatic heterocycles. The number of fused-ring (bicyclic) bond motifs is 3. The zero-order valence-electron chi connectivity index (χ0n) is 7.03. The summed E-state index contributed by atoms with van der Waals surface area (Å²) >= 11 is 1.86. The van der Waals surface area contributed by atoms with Crippen LogP contribution >= 0.6 is 11.3 Å². The lowest BCUT2D eigenvalue weighted by atomic mass is 10.2. The van der Waals surface area contributed by atoms with Crippen LogP contribution in [0.1, 0.15) is 7.43 Å². The molecule has 0 aliphatic rings. The first-order chi connectivity index (χ1) is 6.45. The lowest BCUT2D eigenvalue weighted by Crippen LogP contribution is -1.62. The summed E-state index contributed by atoms with van der Waals surface area (Å²) in [7, 11) is 0. The van der Waals surface area contributed by atoms with E-state index in [1.807, 2.05) is 11.3 Å². The molecule has 0 saturated carbocycles. The molecular weight excluding hydrogens is 188 g/mol. The normalized spacial score (nSPS) is 10.3. The van der Waals surface area contributed by atoms with Crippen molar-refractivity contribution in [2.24, 2.45) is 0 Å². The summed E-state index contributed by atoms with van der Waals surface area (Å²) in [5.74, 6) is 0. The maximum absolute atomic E-state index is 2.19. The van der Waals surface area contributed by atoms with Crippen molar-refractivity contribution in [3.8, 4) is 0 Å². The molecule has 0 N–H and O–H groups in total. The Morgan fingerprint density at radius 1 is 0.643 bits per heavy atom. The fourth-order valence-corrected chi connectivity index (χ4v) is 2.78. The van der Waals surface area contributed by atoms with Gasteiger partial charge >= 0.3 is 0 Å². The van der Waals surface area contributed by atoms with Crippen molar-refractivity contribution < 1.29 is 0 Å². The minimum atomic E-state index is 0.